The fourth-order valence-corrected chi connectivity index (χ4v) is 6.13. The van der Waals surface area contributed by atoms with Crippen LogP contribution in [0.4, 0.5) is 0 Å². The molecule has 4 aromatic carbocycles. The van der Waals surface area contributed by atoms with Crippen molar-refractivity contribution in [2.45, 2.75) is 30.8 Å². The number of pyridine rings is 1. The van der Waals surface area contributed by atoms with Crippen LogP contribution in [0.25, 0.3) is 22.0 Å². The van der Waals surface area contributed by atoms with Crippen LogP contribution in [-0.2, 0) is 5.60 Å². The van der Waals surface area contributed by atoms with Gasteiger partial charge in [-0.3, -0.25) is 0 Å². The van der Waals surface area contributed by atoms with Crippen molar-refractivity contribution < 1.29 is 9.84 Å². The highest BCUT2D eigenvalue weighted by molar-refractivity contribution is 9.10. The summed E-state index contributed by atoms with van der Waals surface area (Å²) in [5.74, 6) is 0.111. The molecule has 2 unspecified atom stereocenters. The average Bonchev–Trinajstić information content (AvgIpc) is 3.00. The molecule has 0 saturated carbocycles. The van der Waals surface area contributed by atoms with Crippen LogP contribution >= 0.6 is 15.9 Å². The third kappa shape index (κ3) is 6.54. The number of hydrogen-bond donors (Lipinski definition) is 1. The van der Waals surface area contributed by atoms with Crippen molar-refractivity contribution in [3.05, 3.63) is 130 Å². The first-order valence-corrected chi connectivity index (χ1v) is 14.9. The van der Waals surface area contributed by atoms with Gasteiger partial charge in [-0.1, -0.05) is 94.8 Å². The molecule has 0 fully saturated rings. The van der Waals surface area contributed by atoms with E-state index >= 15 is 0 Å². The van der Waals surface area contributed by atoms with Crippen molar-refractivity contribution >= 4 is 26.8 Å². The molecule has 5 heteroatoms. The fraction of sp³-hybridized carbons (Fsp3) is 0.250. The van der Waals surface area contributed by atoms with Crippen LogP contribution in [0, 0.1) is 0 Å². The summed E-state index contributed by atoms with van der Waals surface area (Å²) in [5, 5.41) is 14.1. The molecule has 0 amide bonds. The van der Waals surface area contributed by atoms with Crippen LogP contribution in [0.5, 0.6) is 5.88 Å². The number of nitrogens with zero attached hydrogens (tertiary/aromatic N) is 2. The van der Waals surface area contributed by atoms with Crippen molar-refractivity contribution in [1.29, 1.82) is 0 Å². The summed E-state index contributed by atoms with van der Waals surface area (Å²) in [4.78, 5) is 7.10. The molecule has 0 spiro atoms. The number of aliphatic hydroxyl groups is 1. The second-order valence-corrected chi connectivity index (χ2v) is 11.8. The number of fused-ring (bicyclic) bond motifs is 1. The second kappa shape index (κ2) is 13.0. The lowest BCUT2D eigenvalue weighted by Crippen LogP contribution is -2.35. The van der Waals surface area contributed by atoms with Crippen LogP contribution in [0.2, 0.25) is 0 Å². The van der Waals surface area contributed by atoms with Gasteiger partial charge in [0.25, 0.3) is 0 Å². The highest BCUT2D eigenvalue weighted by Gasteiger charge is 2.42. The first-order chi connectivity index (χ1) is 19.9. The zero-order valence-corrected chi connectivity index (χ0v) is 25.5. The number of methoxy groups -OCH3 is 1. The molecule has 0 aliphatic carbocycles. The smallest absolute Gasteiger partial charge is 0.217 e. The first kappa shape index (κ1) is 29.0. The van der Waals surface area contributed by atoms with Crippen molar-refractivity contribution in [2.75, 3.05) is 27.7 Å². The minimum absolute atomic E-state index is 0.417. The Kier molecular flexibility index (Phi) is 9.19. The molecule has 4 nitrogen and oxygen atoms in total. The Bertz CT molecular complexity index is 1590. The van der Waals surface area contributed by atoms with Crippen LogP contribution in [0.1, 0.15) is 41.9 Å². The van der Waals surface area contributed by atoms with Gasteiger partial charge in [0, 0.05) is 21.3 Å². The maximum atomic E-state index is 13.1. The van der Waals surface area contributed by atoms with Crippen molar-refractivity contribution in [3.63, 3.8) is 0 Å². The third-order valence-electron chi connectivity index (χ3n) is 7.77. The van der Waals surface area contributed by atoms with Crippen LogP contribution in [-0.4, -0.2) is 42.7 Å². The van der Waals surface area contributed by atoms with Gasteiger partial charge in [0.05, 0.1) is 12.6 Å². The van der Waals surface area contributed by atoms with E-state index in [4.69, 9.17) is 9.72 Å². The minimum atomic E-state index is -1.23. The van der Waals surface area contributed by atoms with Gasteiger partial charge in [-0.05, 0) is 92.5 Å². The molecule has 0 aliphatic heterocycles. The molecule has 210 valence electrons. The fourth-order valence-electron chi connectivity index (χ4n) is 5.75. The van der Waals surface area contributed by atoms with E-state index in [1.54, 1.807) is 7.11 Å². The van der Waals surface area contributed by atoms with Crippen LogP contribution in [0.15, 0.2) is 114 Å². The maximum Gasteiger partial charge on any atom is 0.217 e. The summed E-state index contributed by atoms with van der Waals surface area (Å²) in [5.41, 5.74) is 4.58. The predicted molar refractivity (Wildman–Crippen MR) is 172 cm³/mol. The summed E-state index contributed by atoms with van der Waals surface area (Å²) >= 11 is 3.62. The van der Waals surface area contributed by atoms with Gasteiger partial charge in [0.2, 0.25) is 5.88 Å². The van der Waals surface area contributed by atoms with E-state index in [0.29, 0.717) is 12.3 Å². The molecule has 0 aliphatic rings. The Morgan fingerprint density at radius 2 is 1.54 bits per heavy atom. The first-order valence-electron chi connectivity index (χ1n) is 14.1. The molecule has 41 heavy (non-hydrogen) atoms. The molecule has 5 rings (SSSR count). The normalized spacial score (nSPS) is 13.7. The van der Waals surface area contributed by atoms with Gasteiger partial charge in [0.15, 0.2) is 0 Å². The Morgan fingerprint density at radius 1 is 0.829 bits per heavy atom. The monoisotopic (exact) mass is 608 g/mol. The number of halogens is 1. The van der Waals surface area contributed by atoms with Gasteiger partial charge < -0.3 is 14.7 Å². The van der Waals surface area contributed by atoms with E-state index in [0.717, 1.165) is 62.6 Å². The Hall–Kier alpha value is -3.51. The van der Waals surface area contributed by atoms with Crippen molar-refractivity contribution in [2.24, 2.45) is 0 Å². The Balaban J connectivity index is 1.73. The molecule has 1 aromatic heterocycles. The molecular formula is C36H37BrN2O2. The number of ether oxygens (including phenoxy) is 1. The van der Waals surface area contributed by atoms with Gasteiger partial charge >= 0.3 is 0 Å². The van der Waals surface area contributed by atoms with Crippen LogP contribution in [0.3, 0.4) is 0 Å². The summed E-state index contributed by atoms with van der Waals surface area (Å²) in [6.45, 7) is 0.963. The molecule has 1 N–H and O–H groups in total. The SMILES string of the molecule is COc1nc2ccc(Br)cc2cc1C(c1ccccc1)C(O)(CCCCN(C)C)c1cccc(-c2ccccc2)c1. The molecule has 0 bridgehead atoms. The van der Waals surface area contributed by atoms with E-state index in [9.17, 15) is 5.11 Å². The topological polar surface area (TPSA) is 45.6 Å². The summed E-state index contributed by atoms with van der Waals surface area (Å²) in [6, 6.07) is 37.2. The largest absolute Gasteiger partial charge is 0.481 e. The summed E-state index contributed by atoms with van der Waals surface area (Å²) in [7, 11) is 5.84. The van der Waals surface area contributed by atoms with Gasteiger partial charge in [-0.2, -0.15) is 0 Å². The predicted octanol–water partition coefficient (Wildman–Crippen LogP) is 8.42. The number of unbranched alkanes of at least 4 members (excludes halogenated alkanes) is 1. The Labute approximate surface area is 251 Å². The lowest BCUT2D eigenvalue weighted by Gasteiger charge is -2.38. The van der Waals surface area contributed by atoms with E-state index in [2.05, 4.69) is 95.6 Å². The van der Waals surface area contributed by atoms with Crippen molar-refractivity contribution in [3.8, 4) is 17.0 Å². The molecule has 2 atom stereocenters. The van der Waals surface area contributed by atoms with Crippen molar-refractivity contribution in [1.82, 2.24) is 9.88 Å². The Morgan fingerprint density at radius 3 is 2.24 bits per heavy atom. The van der Waals surface area contributed by atoms with E-state index in [-0.39, 0.29) is 0 Å². The van der Waals surface area contributed by atoms with Gasteiger partial charge in [0.1, 0.15) is 5.60 Å². The third-order valence-corrected chi connectivity index (χ3v) is 8.26. The van der Waals surface area contributed by atoms with E-state index in [1.165, 1.54) is 0 Å². The quantitative estimate of drug-likeness (QED) is 0.153. The molecule has 0 radical (unpaired) electrons. The number of rotatable bonds is 11. The number of benzene rings is 4. The highest BCUT2D eigenvalue weighted by Crippen LogP contribution is 2.48. The average molecular weight is 610 g/mol. The zero-order chi connectivity index (χ0) is 28.8. The van der Waals surface area contributed by atoms with Gasteiger partial charge in [-0.15, -0.1) is 0 Å². The molecular weight excluding hydrogens is 572 g/mol. The van der Waals surface area contributed by atoms with E-state index in [1.807, 2.05) is 48.5 Å². The molecule has 1 heterocycles. The lowest BCUT2D eigenvalue weighted by atomic mass is 9.70. The molecule has 0 saturated heterocycles. The second-order valence-electron chi connectivity index (χ2n) is 10.9. The highest BCUT2D eigenvalue weighted by atomic mass is 79.9. The van der Waals surface area contributed by atoms with E-state index < -0.39 is 11.5 Å². The minimum Gasteiger partial charge on any atom is -0.481 e. The summed E-state index contributed by atoms with van der Waals surface area (Å²) < 4.78 is 6.91. The van der Waals surface area contributed by atoms with Gasteiger partial charge in [-0.25, -0.2) is 4.98 Å². The lowest BCUT2D eigenvalue weighted by molar-refractivity contribution is 0.00682. The standard InChI is InChI=1S/C36H37BrN2O2/c1-39(2)22-11-10-21-36(40,30-18-12-17-28(23-30)26-13-6-4-7-14-26)34(27-15-8-5-9-16-27)32-25-29-24-31(37)19-20-33(29)38-35(32)41-3/h4-9,12-20,23-25,34,40H,10-11,21-22H2,1-3H3. The maximum absolute atomic E-state index is 13.1. The zero-order valence-electron chi connectivity index (χ0n) is 23.9. The number of aromatic nitrogens is 1. The summed E-state index contributed by atoms with van der Waals surface area (Å²) in [6.07, 6.45) is 2.43. The van der Waals surface area contributed by atoms with Crippen LogP contribution < -0.4 is 4.74 Å². The molecule has 5 aromatic rings. The number of hydrogen-bond acceptors (Lipinski definition) is 4.